The lowest BCUT2D eigenvalue weighted by molar-refractivity contribution is -0.0785. The van der Waals surface area contributed by atoms with Crippen molar-refractivity contribution in [1.82, 2.24) is 5.01 Å². The number of halogens is 1. The van der Waals surface area contributed by atoms with Gasteiger partial charge in [-0.1, -0.05) is 15.9 Å². The maximum atomic E-state index is 9.74. The number of nitroso groups, excluding NO2 is 1. The fourth-order valence-corrected chi connectivity index (χ4v) is 1.13. The average molecular weight is 195 g/mol. The zero-order chi connectivity index (χ0) is 6.91. The molecule has 0 bridgehead atoms. The van der Waals surface area contributed by atoms with Gasteiger partial charge in [-0.15, -0.1) is 4.91 Å². The van der Waals surface area contributed by atoms with Gasteiger partial charge in [0, 0.05) is 5.33 Å². The molecule has 0 spiro atoms. The Bertz CT molecular complexity index is 124. The Morgan fingerprint density at radius 1 is 1.78 bits per heavy atom. The van der Waals surface area contributed by atoms with E-state index in [4.69, 9.17) is 0 Å². The van der Waals surface area contributed by atoms with Crippen molar-refractivity contribution in [2.24, 2.45) is 5.29 Å². The van der Waals surface area contributed by atoms with E-state index in [0.717, 1.165) is 0 Å². The van der Waals surface area contributed by atoms with Crippen molar-refractivity contribution in [3.8, 4) is 0 Å². The standard InChI is InChI=1S/C4H7BrN2O2/c5-1-4(8)2-7(3-4)6-9/h8H,1-3H2. The largest absolute Gasteiger partial charge is 0.385 e. The van der Waals surface area contributed by atoms with Gasteiger partial charge in [0.15, 0.2) is 0 Å². The number of alkyl halides is 1. The van der Waals surface area contributed by atoms with E-state index >= 15 is 0 Å². The zero-order valence-corrected chi connectivity index (χ0v) is 6.34. The summed E-state index contributed by atoms with van der Waals surface area (Å²) in [5, 5.41) is 13.7. The maximum absolute atomic E-state index is 9.74. The van der Waals surface area contributed by atoms with Crippen LogP contribution in [0.25, 0.3) is 0 Å². The highest BCUT2D eigenvalue weighted by molar-refractivity contribution is 9.09. The molecule has 1 N–H and O–H groups in total. The van der Waals surface area contributed by atoms with Crippen molar-refractivity contribution in [3.05, 3.63) is 4.91 Å². The van der Waals surface area contributed by atoms with Crippen LogP contribution in [0.3, 0.4) is 0 Å². The van der Waals surface area contributed by atoms with Gasteiger partial charge in [-0.3, -0.25) is 5.01 Å². The van der Waals surface area contributed by atoms with Crippen LogP contribution in [0.15, 0.2) is 5.29 Å². The SMILES string of the molecule is O=NN1CC(O)(CBr)C1. The van der Waals surface area contributed by atoms with Crippen molar-refractivity contribution < 1.29 is 5.11 Å². The fraction of sp³-hybridized carbons (Fsp3) is 1.00. The molecule has 1 heterocycles. The van der Waals surface area contributed by atoms with Gasteiger partial charge < -0.3 is 5.11 Å². The first-order valence-electron chi connectivity index (χ1n) is 2.57. The molecule has 0 unspecified atom stereocenters. The van der Waals surface area contributed by atoms with Gasteiger partial charge in [0.05, 0.1) is 18.4 Å². The molecule has 0 aromatic rings. The second-order valence-electron chi connectivity index (χ2n) is 2.26. The Morgan fingerprint density at radius 2 is 2.33 bits per heavy atom. The molecule has 0 aromatic heterocycles. The molecule has 1 saturated heterocycles. The number of hydrogen-bond acceptors (Lipinski definition) is 3. The molecule has 0 aliphatic carbocycles. The molecule has 1 rings (SSSR count). The van der Waals surface area contributed by atoms with Gasteiger partial charge in [0.25, 0.3) is 0 Å². The van der Waals surface area contributed by atoms with Gasteiger partial charge in [-0.2, -0.15) is 0 Å². The Kier molecular flexibility index (Phi) is 1.72. The van der Waals surface area contributed by atoms with E-state index in [-0.39, 0.29) is 0 Å². The topological polar surface area (TPSA) is 52.9 Å². The van der Waals surface area contributed by atoms with E-state index in [1.54, 1.807) is 0 Å². The van der Waals surface area contributed by atoms with Gasteiger partial charge in [-0.05, 0) is 0 Å². The van der Waals surface area contributed by atoms with Gasteiger partial charge in [-0.25, -0.2) is 0 Å². The summed E-state index contributed by atoms with van der Waals surface area (Å²) in [4.78, 5) is 9.74. The molecule has 1 aliphatic rings. The second kappa shape index (κ2) is 2.22. The summed E-state index contributed by atoms with van der Waals surface area (Å²) in [5.74, 6) is 0. The fourth-order valence-electron chi connectivity index (χ4n) is 0.775. The van der Waals surface area contributed by atoms with E-state index in [1.165, 1.54) is 5.01 Å². The first-order valence-corrected chi connectivity index (χ1v) is 3.69. The molecule has 0 atom stereocenters. The number of nitrogens with zero attached hydrogens (tertiary/aromatic N) is 2. The van der Waals surface area contributed by atoms with E-state index in [2.05, 4.69) is 21.2 Å². The van der Waals surface area contributed by atoms with Crippen molar-refractivity contribution in [3.63, 3.8) is 0 Å². The van der Waals surface area contributed by atoms with Crippen LogP contribution in [-0.2, 0) is 0 Å². The highest BCUT2D eigenvalue weighted by Crippen LogP contribution is 2.22. The summed E-state index contributed by atoms with van der Waals surface area (Å²) in [5.41, 5.74) is -0.714. The van der Waals surface area contributed by atoms with Crippen molar-refractivity contribution in [2.45, 2.75) is 5.60 Å². The Balaban J connectivity index is 2.32. The van der Waals surface area contributed by atoms with Crippen LogP contribution in [0.2, 0.25) is 0 Å². The first-order chi connectivity index (χ1) is 4.20. The summed E-state index contributed by atoms with van der Waals surface area (Å²) < 4.78 is 0. The summed E-state index contributed by atoms with van der Waals surface area (Å²) in [7, 11) is 0. The predicted octanol–water partition coefficient (Wildman–Crippen LogP) is 0.109. The molecular formula is C4H7BrN2O2. The zero-order valence-electron chi connectivity index (χ0n) is 4.75. The average Bonchev–Trinajstić information content (AvgIpc) is 1.81. The van der Waals surface area contributed by atoms with Crippen LogP contribution in [0.1, 0.15) is 0 Å². The van der Waals surface area contributed by atoms with Crippen LogP contribution in [-0.4, -0.2) is 34.1 Å². The smallest absolute Gasteiger partial charge is 0.113 e. The second-order valence-corrected chi connectivity index (χ2v) is 2.82. The van der Waals surface area contributed by atoms with Crippen molar-refractivity contribution in [1.29, 1.82) is 0 Å². The minimum absolute atomic E-state index is 0.349. The van der Waals surface area contributed by atoms with E-state index in [1.807, 2.05) is 0 Å². The van der Waals surface area contributed by atoms with Crippen LogP contribution in [0.4, 0.5) is 0 Å². The summed E-state index contributed by atoms with van der Waals surface area (Å²) >= 11 is 3.12. The lowest BCUT2D eigenvalue weighted by Crippen LogP contribution is -2.60. The van der Waals surface area contributed by atoms with Gasteiger partial charge >= 0.3 is 0 Å². The highest BCUT2D eigenvalue weighted by Gasteiger charge is 2.40. The first kappa shape index (κ1) is 6.95. The number of hydrogen-bond donors (Lipinski definition) is 1. The van der Waals surface area contributed by atoms with Crippen molar-refractivity contribution in [2.75, 3.05) is 18.4 Å². The Hall–Kier alpha value is -0.160. The lowest BCUT2D eigenvalue weighted by atomic mass is 10.00. The van der Waals surface area contributed by atoms with Crippen LogP contribution in [0, 0.1) is 4.91 Å². The molecule has 0 amide bonds. The third-order valence-electron chi connectivity index (χ3n) is 1.32. The quantitative estimate of drug-likeness (QED) is 0.502. The van der Waals surface area contributed by atoms with Gasteiger partial charge in [0.2, 0.25) is 0 Å². The predicted molar refractivity (Wildman–Crippen MR) is 36.1 cm³/mol. The van der Waals surface area contributed by atoms with Crippen LogP contribution >= 0.6 is 15.9 Å². The van der Waals surface area contributed by atoms with Crippen LogP contribution in [0.5, 0.6) is 0 Å². The molecule has 9 heavy (non-hydrogen) atoms. The minimum atomic E-state index is -0.714. The number of aliphatic hydroxyl groups is 1. The molecule has 52 valence electrons. The summed E-state index contributed by atoms with van der Waals surface area (Å²) in [6.45, 7) is 0.698. The Morgan fingerprint density at radius 3 is 2.67 bits per heavy atom. The number of rotatable bonds is 2. The summed E-state index contributed by atoms with van der Waals surface area (Å²) in [6, 6.07) is 0. The maximum Gasteiger partial charge on any atom is 0.113 e. The molecule has 1 aliphatic heterocycles. The molecule has 0 saturated carbocycles. The molecule has 5 heteroatoms. The molecular weight excluding hydrogens is 188 g/mol. The molecule has 4 nitrogen and oxygen atoms in total. The molecule has 0 aromatic carbocycles. The third kappa shape index (κ3) is 1.21. The number of β-amino-alcohol motifs (C(OH)–C–C–N with tert-alkyl or cyclic N) is 1. The van der Waals surface area contributed by atoms with Gasteiger partial charge in [0.1, 0.15) is 5.60 Å². The highest BCUT2D eigenvalue weighted by atomic mass is 79.9. The molecule has 0 radical (unpaired) electrons. The van der Waals surface area contributed by atoms with E-state index in [9.17, 15) is 10.0 Å². The van der Waals surface area contributed by atoms with E-state index < -0.39 is 5.60 Å². The lowest BCUT2D eigenvalue weighted by Gasteiger charge is -2.41. The van der Waals surface area contributed by atoms with Crippen molar-refractivity contribution >= 4 is 15.9 Å². The third-order valence-corrected chi connectivity index (χ3v) is 2.36. The monoisotopic (exact) mass is 194 g/mol. The molecule has 1 fully saturated rings. The minimum Gasteiger partial charge on any atom is -0.385 e. The Labute approximate surface area is 60.9 Å². The van der Waals surface area contributed by atoms with E-state index in [0.29, 0.717) is 18.4 Å². The normalized spacial score (nSPS) is 23.1. The van der Waals surface area contributed by atoms with Crippen LogP contribution < -0.4 is 0 Å². The summed E-state index contributed by atoms with van der Waals surface area (Å²) in [6.07, 6.45) is 0.